The number of carbonyl (C=O) groups is 4. The standard InChI is InChI=1S/C22H33N3O6/c1-14(2)18(25-21(29)31-22(4,5)6)19(27)23-12-17(26)24-15(3)20(28)30-13-16-10-8-7-9-11-16/h7-11,14-15,18H,12-13H2,1-6H3,(H,23,27)(H,24,26)(H,25,29)/t15-,18-/m0/s1. The van der Waals surface area contributed by atoms with Crippen LogP contribution in [0.3, 0.4) is 0 Å². The van der Waals surface area contributed by atoms with Gasteiger partial charge in [-0.15, -0.1) is 0 Å². The molecule has 3 N–H and O–H groups in total. The van der Waals surface area contributed by atoms with Gasteiger partial charge in [0.1, 0.15) is 24.3 Å². The maximum Gasteiger partial charge on any atom is 0.408 e. The molecule has 1 rings (SSSR count). The monoisotopic (exact) mass is 435 g/mol. The van der Waals surface area contributed by atoms with E-state index < -0.39 is 41.6 Å². The van der Waals surface area contributed by atoms with Crippen molar-refractivity contribution in [2.24, 2.45) is 5.92 Å². The molecule has 0 saturated heterocycles. The average Bonchev–Trinajstić information content (AvgIpc) is 2.67. The van der Waals surface area contributed by atoms with Crippen molar-refractivity contribution in [1.29, 1.82) is 0 Å². The molecular formula is C22H33N3O6. The first-order valence-electron chi connectivity index (χ1n) is 10.2. The molecular weight excluding hydrogens is 402 g/mol. The molecule has 0 unspecified atom stereocenters. The van der Waals surface area contributed by atoms with Gasteiger partial charge in [-0.1, -0.05) is 44.2 Å². The molecule has 172 valence electrons. The highest BCUT2D eigenvalue weighted by molar-refractivity contribution is 5.91. The van der Waals surface area contributed by atoms with Gasteiger partial charge in [0.05, 0.1) is 6.54 Å². The number of carbonyl (C=O) groups excluding carboxylic acids is 4. The van der Waals surface area contributed by atoms with Gasteiger partial charge in [-0.2, -0.15) is 0 Å². The largest absolute Gasteiger partial charge is 0.459 e. The average molecular weight is 436 g/mol. The third-order valence-corrected chi connectivity index (χ3v) is 4.00. The second-order valence-corrected chi connectivity index (χ2v) is 8.47. The first kappa shape index (κ1) is 25.9. The van der Waals surface area contributed by atoms with E-state index >= 15 is 0 Å². The van der Waals surface area contributed by atoms with Crippen molar-refractivity contribution in [3.63, 3.8) is 0 Å². The number of benzene rings is 1. The van der Waals surface area contributed by atoms with E-state index in [1.54, 1.807) is 34.6 Å². The predicted octanol–water partition coefficient (Wildman–Crippen LogP) is 1.90. The van der Waals surface area contributed by atoms with Crippen molar-refractivity contribution in [1.82, 2.24) is 16.0 Å². The Morgan fingerprint density at radius 1 is 0.968 bits per heavy atom. The molecule has 0 radical (unpaired) electrons. The van der Waals surface area contributed by atoms with Crippen LogP contribution in [-0.2, 0) is 30.5 Å². The zero-order chi connectivity index (χ0) is 23.6. The first-order valence-corrected chi connectivity index (χ1v) is 10.2. The van der Waals surface area contributed by atoms with Crippen LogP contribution >= 0.6 is 0 Å². The second kappa shape index (κ2) is 11.9. The number of esters is 1. The molecule has 0 fully saturated rings. The van der Waals surface area contributed by atoms with Crippen molar-refractivity contribution < 1.29 is 28.7 Å². The molecule has 0 aliphatic heterocycles. The highest BCUT2D eigenvalue weighted by Gasteiger charge is 2.27. The molecule has 9 heteroatoms. The van der Waals surface area contributed by atoms with Crippen LogP contribution in [0.2, 0.25) is 0 Å². The van der Waals surface area contributed by atoms with Crippen LogP contribution in [0.15, 0.2) is 30.3 Å². The quantitative estimate of drug-likeness (QED) is 0.509. The number of nitrogens with one attached hydrogen (secondary N) is 3. The maximum absolute atomic E-state index is 12.4. The molecule has 0 aliphatic rings. The molecule has 1 aromatic carbocycles. The smallest absolute Gasteiger partial charge is 0.408 e. The van der Waals surface area contributed by atoms with E-state index in [0.29, 0.717) is 0 Å². The molecule has 0 heterocycles. The Balaban J connectivity index is 2.46. The Bertz CT molecular complexity index is 758. The molecule has 0 aliphatic carbocycles. The van der Waals surface area contributed by atoms with E-state index in [0.717, 1.165) is 5.56 Å². The molecule has 1 aromatic rings. The molecule has 0 bridgehead atoms. The van der Waals surface area contributed by atoms with E-state index in [1.807, 2.05) is 30.3 Å². The van der Waals surface area contributed by atoms with Gasteiger partial charge >= 0.3 is 12.1 Å². The number of hydrogen-bond donors (Lipinski definition) is 3. The van der Waals surface area contributed by atoms with Crippen LogP contribution < -0.4 is 16.0 Å². The van der Waals surface area contributed by atoms with Gasteiger partial charge in [0.2, 0.25) is 11.8 Å². The number of ether oxygens (including phenoxy) is 2. The summed E-state index contributed by atoms with van der Waals surface area (Å²) in [6, 6.07) is 7.41. The Morgan fingerprint density at radius 3 is 2.13 bits per heavy atom. The number of hydrogen-bond acceptors (Lipinski definition) is 6. The lowest BCUT2D eigenvalue weighted by atomic mass is 10.0. The van der Waals surface area contributed by atoms with Gasteiger partial charge in [-0.25, -0.2) is 9.59 Å². The molecule has 3 amide bonds. The third kappa shape index (κ3) is 10.5. The van der Waals surface area contributed by atoms with Crippen LogP contribution in [0.1, 0.15) is 47.1 Å². The molecule has 0 spiro atoms. The summed E-state index contributed by atoms with van der Waals surface area (Å²) in [6.45, 7) is 9.90. The molecule has 31 heavy (non-hydrogen) atoms. The summed E-state index contributed by atoms with van der Waals surface area (Å²) in [5.41, 5.74) is 0.131. The summed E-state index contributed by atoms with van der Waals surface area (Å²) < 4.78 is 10.3. The van der Waals surface area contributed by atoms with Crippen molar-refractivity contribution in [3.05, 3.63) is 35.9 Å². The van der Waals surface area contributed by atoms with E-state index in [-0.39, 0.29) is 19.1 Å². The van der Waals surface area contributed by atoms with Crippen molar-refractivity contribution in [3.8, 4) is 0 Å². The topological polar surface area (TPSA) is 123 Å². The van der Waals surface area contributed by atoms with Crippen molar-refractivity contribution in [2.45, 2.75) is 65.8 Å². The molecule has 0 aromatic heterocycles. The highest BCUT2D eigenvalue weighted by Crippen LogP contribution is 2.09. The van der Waals surface area contributed by atoms with Crippen LogP contribution in [-0.4, -0.2) is 48.1 Å². The molecule has 9 nitrogen and oxygen atoms in total. The van der Waals surface area contributed by atoms with Gasteiger partial charge in [0.15, 0.2) is 0 Å². The van der Waals surface area contributed by atoms with Crippen LogP contribution in [0, 0.1) is 5.92 Å². The van der Waals surface area contributed by atoms with Gasteiger partial charge in [0.25, 0.3) is 0 Å². The SMILES string of the molecule is CC(C)[C@H](NC(=O)OC(C)(C)C)C(=O)NCC(=O)N[C@@H](C)C(=O)OCc1ccccc1. The Morgan fingerprint density at radius 2 is 1.58 bits per heavy atom. The second-order valence-electron chi connectivity index (χ2n) is 8.47. The zero-order valence-corrected chi connectivity index (χ0v) is 19.0. The third-order valence-electron chi connectivity index (χ3n) is 4.00. The summed E-state index contributed by atoms with van der Waals surface area (Å²) in [4.78, 5) is 48.5. The lowest BCUT2D eigenvalue weighted by molar-refractivity contribution is -0.148. The Labute approximate surface area is 183 Å². The molecule has 0 saturated carbocycles. The lowest BCUT2D eigenvalue weighted by Crippen LogP contribution is -2.53. The summed E-state index contributed by atoms with van der Waals surface area (Å²) in [7, 11) is 0. The minimum Gasteiger partial charge on any atom is -0.459 e. The number of amides is 3. The van der Waals surface area contributed by atoms with E-state index in [1.165, 1.54) is 6.92 Å². The Kier molecular flexibility index (Phi) is 9.98. The van der Waals surface area contributed by atoms with Gasteiger partial charge in [0, 0.05) is 0 Å². The van der Waals surface area contributed by atoms with Gasteiger partial charge in [-0.3, -0.25) is 9.59 Å². The number of rotatable bonds is 9. The number of alkyl carbamates (subject to hydrolysis) is 1. The van der Waals surface area contributed by atoms with Gasteiger partial charge < -0.3 is 25.4 Å². The Hall–Kier alpha value is -3.10. The van der Waals surface area contributed by atoms with Crippen molar-refractivity contribution >= 4 is 23.9 Å². The normalized spacial score (nSPS) is 13.0. The fourth-order valence-electron chi connectivity index (χ4n) is 2.45. The van der Waals surface area contributed by atoms with E-state index in [9.17, 15) is 19.2 Å². The summed E-state index contributed by atoms with van der Waals surface area (Å²) >= 11 is 0. The van der Waals surface area contributed by atoms with Gasteiger partial charge in [-0.05, 0) is 39.2 Å². The summed E-state index contributed by atoms with van der Waals surface area (Å²) in [6.07, 6.45) is -0.722. The minimum atomic E-state index is -0.881. The zero-order valence-electron chi connectivity index (χ0n) is 19.0. The predicted molar refractivity (Wildman–Crippen MR) is 115 cm³/mol. The first-order chi connectivity index (χ1) is 14.4. The highest BCUT2D eigenvalue weighted by atomic mass is 16.6. The summed E-state index contributed by atoms with van der Waals surface area (Å²) in [5, 5.41) is 7.44. The van der Waals surface area contributed by atoms with Crippen LogP contribution in [0.4, 0.5) is 4.79 Å². The van der Waals surface area contributed by atoms with E-state index in [2.05, 4.69) is 16.0 Å². The molecule has 2 atom stereocenters. The van der Waals surface area contributed by atoms with Crippen LogP contribution in [0.5, 0.6) is 0 Å². The van der Waals surface area contributed by atoms with Crippen LogP contribution in [0.25, 0.3) is 0 Å². The summed E-state index contributed by atoms with van der Waals surface area (Å²) in [5.74, 6) is -1.91. The maximum atomic E-state index is 12.4. The van der Waals surface area contributed by atoms with Crippen molar-refractivity contribution in [2.75, 3.05) is 6.54 Å². The fraction of sp³-hybridized carbons (Fsp3) is 0.545. The lowest BCUT2D eigenvalue weighted by Gasteiger charge is -2.25. The van der Waals surface area contributed by atoms with E-state index in [4.69, 9.17) is 9.47 Å². The fourth-order valence-corrected chi connectivity index (χ4v) is 2.45. The minimum absolute atomic E-state index is 0.100.